The number of hydrogen-bond donors (Lipinski definition) is 0. The van der Waals surface area contributed by atoms with Gasteiger partial charge in [-0.25, -0.2) is 0 Å². The van der Waals surface area contributed by atoms with Crippen LogP contribution < -0.4 is 4.74 Å². The van der Waals surface area contributed by atoms with Gasteiger partial charge in [-0.2, -0.15) is 0 Å². The number of benzene rings is 1. The first-order valence-electron chi connectivity index (χ1n) is 5.69. The lowest BCUT2D eigenvalue weighted by atomic mass is 10.1. The molecule has 0 aliphatic rings. The summed E-state index contributed by atoms with van der Waals surface area (Å²) in [4.78, 5) is 0. The summed E-state index contributed by atoms with van der Waals surface area (Å²) < 4.78 is 15.8. The molecule has 0 saturated carbocycles. The summed E-state index contributed by atoms with van der Waals surface area (Å²) in [5.74, 6) is 1.40. The fraction of sp³-hybridized carbons (Fsp3) is 0.214. The van der Waals surface area contributed by atoms with Crippen LogP contribution in [0, 0.1) is 11.3 Å². The third kappa shape index (κ3) is 3.50. The molecule has 0 saturated heterocycles. The lowest BCUT2D eigenvalue weighted by Gasteiger charge is -2.08. The zero-order valence-electron chi connectivity index (χ0n) is 10.4. The third-order valence-electron chi connectivity index (χ3n) is 2.56. The normalized spacial score (nSPS) is 11.4. The molecule has 19 heavy (non-hydrogen) atoms. The molecule has 98 valence electrons. The molecule has 2 rings (SSSR count). The van der Waals surface area contributed by atoms with Crippen molar-refractivity contribution in [2.45, 2.75) is 12.7 Å². The first-order valence-corrected chi connectivity index (χ1v) is 5.69. The minimum Gasteiger partial charge on any atom is -0.498 e. The highest BCUT2D eigenvalue weighted by Gasteiger charge is 2.16. The number of ether oxygens (including phenoxy) is 2. The van der Waals surface area contributed by atoms with Gasteiger partial charge in [0.1, 0.15) is 18.1 Å². The van der Waals surface area contributed by atoms with Gasteiger partial charge in [0, 0.05) is 5.01 Å². The summed E-state index contributed by atoms with van der Waals surface area (Å²) in [6.45, 7) is 0.242. The van der Waals surface area contributed by atoms with Crippen LogP contribution in [0.3, 0.4) is 0 Å². The highest BCUT2D eigenvalue weighted by Crippen LogP contribution is 2.21. The van der Waals surface area contributed by atoms with Crippen LogP contribution in [0.15, 0.2) is 47.1 Å². The smallest absolute Gasteiger partial charge is 0.335 e. The third-order valence-corrected chi connectivity index (χ3v) is 2.56. The van der Waals surface area contributed by atoms with Crippen molar-refractivity contribution in [1.82, 2.24) is 0 Å². The molecule has 2 aromatic rings. The number of nitrogens with zero attached hydrogens (tertiary/aromatic N) is 1. The van der Waals surface area contributed by atoms with Crippen molar-refractivity contribution in [1.29, 1.82) is 0 Å². The maximum Gasteiger partial charge on any atom is 0.335 e. The second kappa shape index (κ2) is 6.47. The van der Waals surface area contributed by atoms with E-state index in [0.717, 1.165) is 11.3 Å². The van der Waals surface area contributed by atoms with E-state index in [1.165, 1.54) is 0 Å². The zero-order chi connectivity index (χ0) is 13.5. The Morgan fingerprint density at radius 2 is 2.11 bits per heavy atom. The largest absolute Gasteiger partial charge is 0.498 e. The molecule has 1 heterocycles. The molecule has 0 radical (unpaired) electrons. The van der Waals surface area contributed by atoms with Gasteiger partial charge in [-0.05, 0) is 29.8 Å². The van der Waals surface area contributed by atoms with E-state index < -0.39 is 6.10 Å². The minimum atomic E-state index is -0.631. The predicted molar refractivity (Wildman–Crippen MR) is 69.8 cm³/mol. The molecule has 5 nitrogen and oxygen atoms in total. The molecular formula is C14H13NO4. The van der Waals surface area contributed by atoms with E-state index in [1.807, 2.05) is 0 Å². The van der Waals surface area contributed by atoms with E-state index in [1.54, 1.807) is 49.8 Å². The van der Waals surface area contributed by atoms with Crippen molar-refractivity contribution in [3.05, 3.63) is 64.2 Å². The quantitative estimate of drug-likeness (QED) is 0.772. The van der Waals surface area contributed by atoms with E-state index >= 15 is 0 Å². The number of methoxy groups -OCH3 is 1. The summed E-state index contributed by atoms with van der Waals surface area (Å²) in [5, 5.41) is 13.1. The lowest BCUT2D eigenvalue weighted by Crippen LogP contribution is -2.02. The number of furan rings is 1. The maximum absolute atomic E-state index is 10.4. The van der Waals surface area contributed by atoms with Crippen LogP contribution in [-0.2, 0) is 11.3 Å². The van der Waals surface area contributed by atoms with E-state index in [9.17, 15) is 5.21 Å². The van der Waals surface area contributed by atoms with Crippen molar-refractivity contribution in [2.24, 2.45) is 0 Å². The fourth-order valence-corrected chi connectivity index (χ4v) is 1.59. The number of rotatable bonds is 5. The highest BCUT2D eigenvalue weighted by molar-refractivity contribution is 5.31. The summed E-state index contributed by atoms with van der Waals surface area (Å²) in [5.41, 5.74) is 0.770. The van der Waals surface area contributed by atoms with Crippen molar-refractivity contribution in [3.63, 3.8) is 0 Å². The van der Waals surface area contributed by atoms with Crippen LogP contribution in [0.1, 0.15) is 17.4 Å². The molecule has 0 amide bonds. The molecule has 0 aliphatic carbocycles. The van der Waals surface area contributed by atoms with Gasteiger partial charge in [-0.1, -0.05) is 12.1 Å². The van der Waals surface area contributed by atoms with E-state index in [2.05, 4.69) is 11.1 Å². The van der Waals surface area contributed by atoms with E-state index in [-0.39, 0.29) is 6.61 Å². The Morgan fingerprint density at radius 3 is 2.68 bits per heavy atom. The molecule has 0 N–H and O–H groups in total. The molecule has 1 atom stereocenters. The van der Waals surface area contributed by atoms with Crippen molar-refractivity contribution in [2.75, 3.05) is 7.11 Å². The van der Waals surface area contributed by atoms with Crippen LogP contribution in [0.4, 0.5) is 0 Å². The molecule has 1 aromatic heterocycles. The highest BCUT2D eigenvalue weighted by atomic mass is 16.5. The first-order chi connectivity index (χ1) is 9.33. The Morgan fingerprint density at radius 1 is 1.32 bits per heavy atom. The van der Waals surface area contributed by atoms with Gasteiger partial charge in [0.05, 0.1) is 13.4 Å². The standard InChI is InChI=1S/C14H13NO4/c1-17-12-6-4-11(5-7-12)14(9-15-16)19-10-13-3-2-8-18-13/h2-8,14H,10H2,1H3. The SMILES string of the molecule is COc1ccc(C(C#[N+][O-])OCc2ccco2)cc1. The minimum absolute atomic E-state index is 0.242. The maximum atomic E-state index is 10.4. The first kappa shape index (κ1) is 13.0. The van der Waals surface area contributed by atoms with Gasteiger partial charge in [0.25, 0.3) is 0 Å². The van der Waals surface area contributed by atoms with Crippen LogP contribution in [-0.4, -0.2) is 7.11 Å². The molecule has 5 heteroatoms. The molecule has 1 aromatic carbocycles. The monoisotopic (exact) mass is 259 g/mol. The summed E-state index contributed by atoms with van der Waals surface area (Å²) >= 11 is 0. The van der Waals surface area contributed by atoms with Gasteiger partial charge in [-0.15, -0.1) is 0 Å². The molecule has 0 aliphatic heterocycles. The van der Waals surface area contributed by atoms with Gasteiger partial charge in [0.15, 0.2) is 0 Å². The van der Waals surface area contributed by atoms with Crippen LogP contribution in [0.25, 0.3) is 5.01 Å². The van der Waals surface area contributed by atoms with Gasteiger partial charge >= 0.3 is 6.07 Å². The van der Waals surface area contributed by atoms with Crippen molar-refractivity contribution >= 4 is 0 Å². The lowest BCUT2D eigenvalue weighted by molar-refractivity contribution is 0.0658. The van der Waals surface area contributed by atoms with Gasteiger partial charge in [0.2, 0.25) is 6.10 Å². The van der Waals surface area contributed by atoms with Crippen LogP contribution in [0.5, 0.6) is 5.75 Å². The Kier molecular flexibility index (Phi) is 4.43. The second-order valence-electron chi connectivity index (χ2n) is 3.76. The predicted octanol–water partition coefficient (Wildman–Crippen LogP) is 3.38. The van der Waals surface area contributed by atoms with Crippen molar-refractivity contribution in [3.8, 4) is 11.8 Å². The zero-order valence-corrected chi connectivity index (χ0v) is 10.4. The van der Waals surface area contributed by atoms with Crippen LogP contribution >= 0.6 is 0 Å². The Bertz CT molecular complexity index is 551. The molecule has 0 bridgehead atoms. The average Bonchev–Trinajstić information content (AvgIpc) is 2.97. The average molecular weight is 259 g/mol. The van der Waals surface area contributed by atoms with E-state index in [0.29, 0.717) is 5.76 Å². The van der Waals surface area contributed by atoms with Crippen LogP contribution in [0.2, 0.25) is 0 Å². The number of hydrogen-bond acceptors (Lipinski definition) is 4. The van der Waals surface area contributed by atoms with Crippen molar-refractivity contribution < 1.29 is 13.9 Å². The summed E-state index contributed by atoms with van der Waals surface area (Å²) in [6.07, 6.45) is 0.931. The molecule has 0 spiro atoms. The fourth-order valence-electron chi connectivity index (χ4n) is 1.59. The topological polar surface area (TPSA) is 59.0 Å². The second-order valence-corrected chi connectivity index (χ2v) is 3.76. The Labute approximate surface area is 110 Å². The van der Waals surface area contributed by atoms with Gasteiger partial charge in [-0.3, -0.25) is 0 Å². The molecule has 0 fully saturated rings. The summed E-state index contributed by atoms with van der Waals surface area (Å²) in [6, 6.07) is 13.1. The Hall–Kier alpha value is -2.45. The molecule has 1 unspecified atom stereocenters. The summed E-state index contributed by atoms with van der Waals surface area (Å²) in [7, 11) is 1.59. The Balaban J connectivity index is 2.07. The van der Waals surface area contributed by atoms with E-state index in [4.69, 9.17) is 13.9 Å². The molecular weight excluding hydrogens is 246 g/mol. The van der Waals surface area contributed by atoms with Gasteiger partial charge < -0.3 is 19.1 Å².